The van der Waals surface area contributed by atoms with Gasteiger partial charge in [-0.2, -0.15) is 5.10 Å². The van der Waals surface area contributed by atoms with Gasteiger partial charge in [0.15, 0.2) is 5.82 Å². The van der Waals surface area contributed by atoms with Crippen molar-refractivity contribution in [3.8, 4) is 0 Å². The van der Waals surface area contributed by atoms with Gasteiger partial charge in [-0.1, -0.05) is 0 Å². The zero-order valence-corrected chi connectivity index (χ0v) is 11.9. The summed E-state index contributed by atoms with van der Waals surface area (Å²) in [5.74, 6) is 0.828. The molecule has 0 radical (unpaired) electrons. The van der Waals surface area contributed by atoms with Crippen LogP contribution in [-0.2, 0) is 0 Å². The summed E-state index contributed by atoms with van der Waals surface area (Å²) in [4.78, 5) is 4.50. The summed E-state index contributed by atoms with van der Waals surface area (Å²) in [7, 11) is 2.13. The zero-order valence-electron chi connectivity index (χ0n) is 11.9. The Morgan fingerprint density at radius 1 is 1.16 bits per heavy atom. The summed E-state index contributed by atoms with van der Waals surface area (Å²) in [5.41, 5.74) is 8.26. The Balaban J connectivity index is 2.38. The molecule has 6 nitrogen and oxygen atoms in total. The number of aromatic nitrogens is 2. The van der Waals surface area contributed by atoms with Gasteiger partial charge < -0.3 is 15.5 Å². The molecule has 19 heavy (non-hydrogen) atoms. The van der Waals surface area contributed by atoms with E-state index in [0.717, 1.165) is 55.2 Å². The first-order valence-corrected chi connectivity index (χ1v) is 6.62. The predicted octanol–water partition coefficient (Wildman–Crippen LogP) is 0.519. The fraction of sp³-hybridized carbons (Fsp3) is 0.615. The number of rotatable bonds is 2. The molecule has 1 fully saturated rings. The molecule has 0 unspecified atom stereocenters. The summed E-state index contributed by atoms with van der Waals surface area (Å²) in [5, 5.41) is 16.3. The Labute approximate surface area is 114 Å². The van der Waals surface area contributed by atoms with Crippen molar-refractivity contribution >= 4 is 11.7 Å². The summed E-state index contributed by atoms with van der Waals surface area (Å²) in [6, 6.07) is 0. The molecule has 0 amide bonds. The highest BCUT2D eigenvalue weighted by molar-refractivity contribution is 6.01. The number of likely N-dealkylation sites (N-methyl/N-ethyl adjacent to an activating group) is 1. The van der Waals surface area contributed by atoms with Crippen molar-refractivity contribution in [3.05, 3.63) is 16.8 Å². The topological polar surface area (TPSA) is 82.1 Å². The average Bonchev–Trinajstić information content (AvgIpc) is 2.57. The lowest BCUT2D eigenvalue weighted by Crippen LogP contribution is -2.32. The van der Waals surface area contributed by atoms with E-state index in [2.05, 4.69) is 27.0 Å². The highest BCUT2D eigenvalue weighted by Crippen LogP contribution is 2.22. The van der Waals surface area contributed by atoms with Crippen LogP contribution in [0, 0.1) is 19.3 Å². The fourth-order valence-corrected chi connectivity index (χ4v) is 2.40. The second kappa shape index (κ2) is 5.52. The lowest BCUT2D eigenvalue weighted by Gasteiger charge is -2.24. The van der Waals surface area contributed by atoms with E-state index in [1.807, 2.05) is 13.8 Å². The molecule has 1 aromatic rings. The van der Waals surface area contributed by atoms with Gasteiger partial charge in [0.05, 0.1) is 11.3 Å². The van der Waals surface area contributed by atoms with Gasteiger partial charge >= 0.3 is 0 Å². The van der Waals surface area contributed by atoms with E-state index in [1.165, 1.54) is 0 Å². The minimum Gasteiger partial charge on any atom is -0.384 e. The molecule has 1 aromatic heterocycles. The van der Waals surface area contributed by atoms with Gasteiger partial charge in [-0.3, -0.25) is 5.41 Å². The number of amidine groups is 1. The van der Waals surface area contributed by atoms with E-state index < -0.39 is 0 Å². The van der Waals surface area contributed by atoms with Gasteiger partial charge in [-0.15, -0.1) is 5.10 Å². The molecule has 1 aliphatic rings. The van der Waals surface area contributed by atoms with E-state index >= 15 is 0 Å². The molecule has 0 aromatic carbocycles. The Morgan fingerprint density at radius 3 is 2.58 bits per heavy atom. The molecule has 0 bridgehead atoms. The number of hydrogen-bond acceptors (Lipinski definition) is 5. The van der Waals surface area contributed by atoms with Crippen molar-refractivity contribution in [1.82, 2.24) is 15.1 Å². The van der Waals surface area contributed by atoms with Crippen LogP contribution in [-0.4, -0.2) is 54.2 Å². The highest BCUT2D eigenvalue weighted by atomic mass is 15.3. The molecule has 104 valence electrons. The van der Waals surface area contributed by atoms with Gasteiger partial charge in [-0.25, -0.2) is 0 Å². The van der Waals surface area contributed by atoms with E-state index in [9.17, 15) is 0 Å². The van der Waals surface area contributed by atoms with Gasteiger partial charge in [0.2, 0.25) is 0 Å². The normalized spacial score (nSPS) is 17.3. The Kier molecular flexibility index (Phi) is 3.99. The van der Waals surface area contributed by atoms with Gasteiger partial charge in [0.1, 0.15) is 5.84 Å². The molecule has 0 atom stereocenters. The number of hydrogen-bond donors (Lipinski definition) is 2. The fourth-order valence-electron chi connectivity index (χ4n) is 2.40. The molecular formula is C13H22N6. The average molecular weight is 262 g/mol. The van der Waals surface area contributed by atoms with Gasteiger partial charge in [0, 0.05) is 19.6 Å². The molecule has 6 heteroatoms. The van der Waals surface area contributed by atoms with Crippen LogP contribution in [0.4, 0.5) is 5.82 Å². The third-order valence-electron chi connectivity index (χ3n) is 3.72. The molecule has 3 N–H and O–H groups in total. The lowest BCUT2D eigenvalue weighted by molar-refractivity contribution is 0.360. The van der Waals surface area contributed by atoms with Crippen LogP contribution in [0.25, 0.3) is 0 Å². The molecular weight excluding hydrogens is 240 g/mol. The van der Waals surface area contributed by atoms with Gasteiger partial charge in [-0.05, 0) is 39.4 Å². The minimum absolute atomic E-state index is 0.0723. The summed E-state index contributed by atoms with van der Waals surface area (Å²) in [6.45, 7) is 7.76. The van der Waals surface area contributed by atoms with Crippen LogP contribution in [0.15, 0.2) is 0 Å². The first-order valence-electron chi connectivity index (χ1n) is 6.62. The number of nitrogen functional groups attached to an aromatic ring is 1. The molecule has 2 heterocycles. The van der Waals surface area contributed by atoms with Crippen molar-refractivity contribution in [1.29, 1.82) is 5.41 Å². The highest BCUT2D eigenvalue weighted by Gasteiger charge is 2.21. The number of nitrogens with one attached hydrogen (secondary N) is 1. The monoisotopic (exact) mass is 262 g/mol. The predicted molar refractivity (Wildman–Crippen MR) is 76.8 cm³/mol. The summed E-state index contributed by atoms with van der Waals surface area (Å²) in [6.07, 6.45) is 1.09. The van der Waals surface area contributed by atoms with Crippen molar-refractivity contribution in [2.75, 3.05) is 38.1 Å². The van der Waals surface area contributed by atoms with Crippen LogP contribution in [0.2, 0.25) is 0 Å². The van der Waals surface area contributed by atoms with Crippen molar-refractivity contribution in [3.63, 3.8) is 0 Å². The largest absolute Gasteiger partial charge is 0.384 e. The molecule has 1 saturated heterocycles. The SMILES string of the molecule is Cc1nnc(N2CCCN(C)CC2)c(C(=N)N)c1C. The molecule has 0 spiro atoms. The molecule has 0 saturated carbocycles. The van der Waals surface area contributed by atoms with E-state index in [0.29, 0.717) is 0 Å². The maximum Gasteiger partial charge on any atom is 0.162 e. The molecule has 1 aliphatic heterocycles. The smallest absolute Gasteiger partial charge is 0.162 e. The van der Waals surface area contributed by atoms with E-state index in [-0.39, 0.29) is 5.84 Å². The Morgan fingerprint density at radius 2 is 1.89 bits per heavy atom. The second-order valence-corrected chi connectivity index (χ2v) is 5.17. The molecule has 2 rings (SSSR count). The van der Waals surface area contributed by atoms with Crippen LogP contribution >= 0.6 is 0 Å². The first kappa shape index (κ1) is 13.7. The first-order chi connectivity index (χ1) is 9.00. The molecule has 0 aliphatic carbocycles. The summed E-state index contributed by atoms with van der Waals surface area (Å²) < 4.78 is 0. The number of anilines is 1. The number of nitrogens with two attached hydrogens (primary N) is 1. The Hall–Kier alpha value is -1.69. The third-order valence-corrected chi connectivity index (χ3v) is 3.72. The maximum atomic E-state index is 7.80. The van der Waals surface area contributed by atoms with E-state index in [1.54, 1.807) is 0 Å². The quantitative estimate of drug-likeness (QED) is 0.600. The second-order valence-electron chi connectivity index (χ2n) is 5.17. The zero-order chi connectivity index (χ0) is 14.0. The number of nitrogens with zero attached hydrogens (tertiary/aromatic N) is 4. The lowest BCUT2D eigenvalue weighted by atomic mass is 10.1. The van der Waals surface area contributed by atoms with Crippen molar-refractivity contribution in [2.24, 2.45) is 5.73 Å². The minimum atomic E-state index is 0.0723. The summed E-state index contributed by atoms with van der Waals surface area (Å²) >= 11 is 0. The van der Waals surface area contributed by atoms with Gasteiger partial charge in [0.25, 0.3) is 0 Å². The van der Waals surface area contributed by atoms with Crippen molar-refractivity contribution in [2.45, 2.75) is 20.3 Å². The number of aryl methyl sites for hydroxylation is 1. The van der Waals surface area contributed by atoms with Crippen LogP contribution in [0.5, 0.6) is 0 Å². The standard InChI is InChI=1S/C13H22N6/c1-9-10(2)16-17-13(11(9)12(14)15)19-6-4-5-18(3)7-8-19/h4-8H2,1-3H3,(H3,14,15). The third kappa shape index (κ3) is 2.84. The van der Waals surface area contributed by atoms with Crippen LogP contribution < -0.4 is 10.6 Å². The van der Waals surface area contributed by atoms with E-state index in [4.69, 9.17) is 11.1 Å². The van der Waals surface area contributed by atoms with Crippen LogP contribution in [0.3, 0.4) is 0 Å². The van der Waals surface area contributed by atoms with Crippen LogP contribution in [0.1, 0.15) is 23.2 Å². The Bertz CT molecular complexity index is 484. The van der Waals surface area contributed by atoms with Crippen molar-refractivity contribution < 1.29 is 0 Å². The maximum absolute atomic E-state index is 7.80.